The molecule has 0 aliphatic carbocycles. The molecule has 174 valence electrons. The van der Waals surface area contributed by atoms with Gasteiger partial charge in [-0.2, -0.15) is 5.10 Å². The second-order valence-electron chi connectivity index (χ2n) is 8.80. The van der Waals surface area contributed by atoms with Gasteiger partial charge in [-0.15, -0.1) is 5.10 Å². The zero-order valence-corrected chi connectivity index (χ0v) is 18.8. The summed E-state index contributed by atoms with van der Waals surface area (Å²) >= 11 is 0. The lowest BCUT2D eigenvalue weighted by Gasteiger charge is -2.40. The molecule has 1 fully saturated rings. The molecule has 4 rings (SSSR count). The van der Waals surface area contributed by atoms with E-state index in [2.05, 4.69) is 27.7 Å². The summed E-state index contributed by atoms with van der Waals surface area (Å²) in [4.78, 5) is 28.0. The maximum atomic E-state index is 13.2. The number of piperidine rings is 1. The Morgan fingerprint density at radius 3 is 2.84 bits per heavy atom. The maximum absolute atomic E-state index is 13.2. The van der Waals surface area contributed by atoms with Gasteiger partial charge in [-0.3, -0.25) is 19.0 Å². The second kappa shape index (κ2) is 10.2. The number of likely N-dealkylation sites (tertiary alicyclic amines) is 1. The smallest absolute Gasteiger partial charge is 0.257 e. The number of rotatable bonds is 3. The fourth-order valence-electron chi connectivity index (χ4n) is 4.59. The molecule has 10 nitrogen and oxygen atoms in total. The van der Waals surface area contributed by atoms with Crippen molar-refractivity contribution in [2.45, 2.75) is 65.1 Å². The zero-order chi connectivity index (χ0) is 22.4. The van der Waals surface area contributed by atoms with E-state index in [1.807, 2.05) is 26.7 Å². The van der Waals surface area contributed by atoms with Crippen molar-refractivity contribution in [1.82, 2.24) is 35.0 Å². The van der Waals surface area contributed by atoms with Crippen molar-refractivity contribution in [3.05, 3.63) is 29.8 Å². The van der Waals surface area contributed by atoms with Gasteiger partial charge in [0.2, 0.25) is 5.91 Å². The van der Waals surface area contributed by atoms with E-state index in [0.29, 0.717) is 51.3 Å². The number of aromatic nitrogens is 5. The molecule has 2 aromatic rings. The van der Waals surface area contributed by atoms with E-state index in [-0.39, 0.29) is 11.8 Å². The van der Waals surface area contributed by atoms with Crippen LogP contribution in [0, 0.1) is 5.41 Å². The van der Waals surface area contributed by atoms with Crippen molar-refractivity contribution >= 4 is 11.8 Å². The highest BCUT2D eigenvalue weighted by atomic mass is 16.5. The van der Waals surface area contributed by atoms with E-state index in [0.717, 1.165) is 44.5 Å². The van der Waals surface area contributed by atoms with Gasteiger partial charge in [-0.25, -0.2) is 0 Å². The molecule has 0 saturated carbocycles. The molecule has 1 spiro atoms. The molecule has 0 atom stereocenters. The number of aryl methyl sites for hydroxylation is 2. The third kappa shape index (κ3) is 5.17. The summed E-state index contributed by atoms with van der Waals surface area (Å²) in [6.07, 6.45) is 10.4. The Balaban J connectivity index is 1.38. The summed E-state index contributed by atoms with van der Waals surface area (Å²) in [5.74, 6) is 0.0804. The molecule has 2 aliphatic heterocycles. The predicted octanol–water partition coefficient (Wildman–Crippen LogP) is 1.62. The van der Waals surface area contributed by atoms with E-state index in [4.69, 9.17) is 4.74 Å². The third-order valence-corrected chi connectivity index (χ3v) is 6.48. The summed E-state index contributed by atoms with van der Waals surface area (Å²) in [7, 11) is 0. The molecule has 32 heavy (non-hydrogen) atoms. The fourth-order valence-corrected chi connectivity index (χ4v) is 4.59. The number of ether oxygens (including phenoxy) is 1. The standard InChI is InChI=1S/C22H33N7O3/c1-2-9-28-15-18(14-24-28)20(30)27-11-6-22(7-12-27)5-3-4-10-29-16-19(25-26-29)17-32-13-8-23-21(22)31/h14-16H,2-13,17H2,1H3,(H,23,31). The first kappa shape index (κ1) is 22.4. The van der Waals surface area contributed by atoms with Crippen molar-refractivity contribution in [1.29, 1.82) is 0 Å². The summed E-state index contributed by atoms with van der Waals surface area (Å²) < 4.78 is 9.28. The molecule has 2 amide bonds. The number of nitrogens with zero attached hydrogens (tertiary/aromatic N) is 6. The molecule has 2 aliphatic rings. The highest BCUT2D eigenvalue weighted by molar-refractivity contribution is 5.94. The number of hydrogen-bond acceptors (Lipinski definition) is 6. The van der Waals surface area contributed by atoms with Gasteiger partial charge < -0.3 is 15.0 Å². The van der Waals surface area contributed by atoms with Gasteiger partial charge in [-0.05, 0) is 32.1 Å². The molecule has 1 saturated heterocycles. The number of nitrogens with one attached hydrogen (secondary N) is 1. The van der Waals surface area contributed by atoms with Crippen molar-refractivity contribution in [2.75, 3.05) is 26.2 Å². The normalized spacial score (nSPS) is 20.0. The summed E-state index contributed by atoms with van der Waals surface area (Å²) in [6.45, 7) is 6.11. The average molecular weight is 444 g/mol. The largest absolute Gasteiger partial charge is 0.373 e. The third-order valence-electron chi connectivity index (χ3n) is 6.48. The van der Waals surface area contributed by atoms with Crippen LogP contribution in [-0.2, 0) is 29.2 Å². The van der Waals surface area contributed by atoms with E-state index >= 15 is 0 Å². The molecule has 0 radical (unpaired) electrons. The summed E-state index contributed by atoms with van der Waals surface area (Å²) in [5.41, 5.74) is 0.984. The fraction of sp³-hybridized carbons (Fsp3) is 0.682. The SMILES string of the molecule is CCCn1cc(C(=O)N2CCC3(CCCCn4cc(nn4)COCCNC3=O)CC2)cn1. The van der Waals surface area contributed by atoms with Crippen LogP contribution in [0.5, 0.6) is 0 Å². The van der Waals surface area contributed by atoms with Crippen LogP contribution >= 0.6 is 0 Å². The van der Waals surface area contributed by atoms with Crippen molar-refractivity contribution in [3.8, 4) is 0 Å². The van der Waals surface area contributed by atoms with Gasteiger partial charge >= 0.3 is 0 Å². The van der Waals surface area contributed by atoms with Crippen LogP contribution in [0.25, 0.3) is 0 Å². The highest BCUT2D eigenvalue weighted by Gasteiger charge is 2.41. The Morgan fingerprint density at radius 1 is 1.19 bits per heavy atom. The van der Waals surface area contributed by atoms with Crippen molar-refractivity contribution in [2.24, 2.45) is 5.41 Å². The predicted molar refractivity (Wildman–Crippen MR) is 117 cm³/mol. The van der Waals surface area contributed by atoms with Gasteiger partial charge in [0, 0.05) is 38.9 Å². The summed E-state index contributed by atoms with van der Waals surface area (Å²) in [5, 5.41) is 15.6. The Bertz CT molecular complexity index is 914. The van der Waals surface area contributed by atoms with Gasteiger partial charge in [0.1, 0.15) is 5.69 Å². The Labute approximate surface area is 188 Å². The lowest BCUT2D eigenvalue weighted by Crippen LogP contribution is -2.50. The van der Waals surface area contributed by atoms with E-state index in [1.165, 1.54) is 0 Å². The minimum atomic E-state index is -0.444. The van der Waals surface area contributed by atoms with E-state index in [1.54, 1.807) is 6.20 Å². The van der Waals surface area contributed by atoms with Crippen molar-refractivity contribution in [3.63, 3.8) is 0 Å². The van der Waals surface area contributed by atoms with Gasteiger partial charge in [-0.1, -0.05) is 18.6 Å². The Hall–Kier alpha value is -2.75. The number of fused-ring (bicyclic) bond motifs is 2. The van der Waals surface area contributed by atoms with Gasteiger partial charge in [0.15, 0.2) is 0 Å². The second-order valence-corrected chi connectivity index (χ2v) is 8.80. The van der Waals surface area contributed by atoms with Crippen LogP contribution in [0.1, 0.15) is 61.5 Å². The maximum Gasteiger partial charge on any atom is 0.257 e. The number of carbonyl (C=O) groups is 2. The van der Waals surface area contributed by atoms with E-state index in [9.17, 15) is 9.59 Å². The van der Waals surface area contributed by atoms with Crippen LogP contribution in [-0.4, -0.2) is 67.7 Å². The van der Waals surface area contributed by atoms with Crippen molar-refractivity contribution < 1.29 is 14.3 Å². The number of amides is 2. The summed E-state index contributed by atoms with van der Waals surface area (Å²) in [6, 6.07) is 0. The minimum absolute atomic E-state index is 0.00103. The minimum Gasteiger partial charge on any atom is -0.373 e. The van der Waals surface area contributed by atoms with Gasteiger partial charge in [0.05, 0.1) is 36.6 Å². The monoisotopic (exact) mass is 443 g/mol. The molecule has 4 heterocycles. The van der Waals surface area contributed by atoms with Crippen LogP contribution in [0.3, 0.4) is 0 Å². The number of hydrogen-bond donors (Lipinski definition) is 1. The molecule has 2 aromatic heterocycles. The average Bonchev–Trinajstić information content (AvgIpc) is 3.46. The van der Waals surface area contributed by atoms with Crippen LogP contribution in [0.2, 0.25) is 0 Å². The molecule has 2 bridgehead atoms. The lowest BCUT2D eigenvalue weighted by atomic mass is 9.73. The lowest BCUT2D eigenvalue weighted by molar-refractivity contribution is -0.134. The highest BCUT2D eigenvalue weighted by Crippen LogP contribution is 2.37. The quantitative estimate of drug-likeness (QED) is 0.773. The Kier molecular flexibility index (Phi) is 7.19. The van der Waals surface area contributed by atoms with E-state index < -0.39 is 5.41 Å². The zero-order valence-electron chi connectivity index (χ0n) is 18.8. The first-order valence-electron chi connectivity index (χ1n) is 11.7. The molecule has 0 aromatic carbocycles. The van der Waals surface area contributed by atoms with Crippen LogP contribution in [0.4, 0.5) is 0 Å². The molecular formula is C22H33N7O3. The first-order chi connectivity index (χ1) is 15.6. The number of carbonyl (C=O) groups excluding carboxylic acids is 2. The van der Waals surface area contributed by atoms with Gasteiger partial charge in [0.25, 0.3) is 5.91 Å². The topological polar surface area (TPSA) is 107 Å². The Morgan fingerprint density at radius 2 is 2.03 bits per heavy atom. The first-order valence-corrected chi connectivity index (χ1v) is 11.7. The molecule has 0 unspecified atom stereocenters. The molecule has 10 heteroatoms. The molecular weight excluding hydrogens is 410 g/mol. The van der Waals surface area contributed by atoms with Crippen LogP contribution in [0.15, 0.2) is 18.6 Å². The van der Waals surface area contributed by atoms with Crippen LogP contribution < -0.4 is 5.32 Å². The molecule has 1 N–H and O–H groups in total.